The summed E-state index contributed by atoms with van der Waals surface area (Å²) in [4.78, 5) is 18.6. The van der Waals surface area contributed by atoms with Gasteiger partial charge in [0.05, 0.1) is 18.6 Å². The maximum Gasteiger partial charge on any atom is 0.227 e. The van der Waals surface area contributed by atoms with E-state index < -0.39 is 0 Å². The number of benzene rings is 1. The summed E-state index contributed by atoms with van der Waals surface area (Å²) in [5.41, 5.74) is 0.892. The van der Waals surface area contributed by atoms with Crippen LogP contribution in [0.1, 0.15) is 38.2 Å². The molecular weight excluding hydrogens is 378 g/mol. The van der Waals surface area contributed by atoms with Crippen molar-refractivity contribution in [3.05, 3.63) is 29.8 Å². The van der Waals surface area contributed by atoms with Crippen molar-refractivity contribution in [2.24, 2.45) is 11.3 Å². The Labute approximate surface area is 180 Å². The summed E-state index contributed by atoms with van der Waals surface area (Å²) in [5.74, 6) is 1.00. The molecule has 1 aromatic carbocycles. The van der Waals surface area contributed by atoms with Gasteiger partial charge in [-0.1, -0.05) is 19.1 Å². The van der Waals surface area contributed by atoms with Crippen LogP contribution >= 0.6 is 0 Å². The van der Waals surface area contributed by atoms with Gasteiger partial charge in [-0.2, -0.15) is 0 Å². The molecule has 6 heteroatoms. The smallest absolute Gasteiger partial charge is 0.227 e. The van der Waals surface area contributed by atoms with Crippen LogP contribution in [0.3, 0.4) is 0 Å². The first-order chi connectivity index (χ1) is 14.6. The maximum absolute atomic E-state index is 13.5. The zero-order chi connectivity index (χ0) is 21.0. The minimum absolute atomic E-state index is 0.244. The second kappa shape index (κ2) is 9.67. The molecule has 3 aliphatic rings. The third-order valence-corrected chi connectivity index (χ3v) is 7.66. The summed E-state index contributed by atoms with van der Waals surface area (Å²) >= 11 is 0. The fourth-order valence-corrected chi connectivity index (χ4v) is 5.79. The molecule has 2 saturated heterocycles. The van der Waals surface area contributed by atoms with Crippen molar-refractivity contribution < 1.29 is 14.6 Å². The third kappa shape index (κ3) is 4.66. The van der Waals surface area contributed by atoms with Crippen molar-refractivity contribution in [3.63, 3.8) is 0 Å². The van der Waals surface area contributed by atoms with Crippen molar-refractivity contribution in [3.8, 4) is 5.75 Å². The first-order valence-corrected chi connectivity index (χ1v) is 11.7. The summed E-state index contributed by atoms with van der Waals surface area (Å²) < 4.78 is 5.54. The number of phenolic OH excluding ortho intramolecular Hbond substituents is 1. The molecule has 166 valence electrons. The lowest BCUT2D eigenvalue weighted by Crippen LogP contribution is -2.61. The SMILES string of the molecule is CCN1CC[C@@H]2C[C@@H](N3CCOCC3)CC[C@@]2(C(=O)NCCc2ccc(O)cc2)C1. The number of amides is 1. The molecule has 0 bridgehead atoms. The minimum Gasteiger partial charge on any atom is -0.508 e. The van der Waals surface area contributed by atoms with E-state index in [1.807, 2.05) is 12.1 Å². The summed E-state index contributed by atoms with van der Waals surface area (Å²) in [7, 11) is 0. The van der Waals surface area contributed by atoms with Crippen LogP contribution in [-0.2, 0) is 16.0 Å². The van der Waals surface area contributed by atoms with Crippen LogP contribution in [0, 0.1) is 11.3 Å². The Morgan fingerprint density at radius 2 is 1.97 bits per heavy atom. The summed E-state index contributed by atoms with van der Waals surface area (Å²) in [6, 6.07) is 7.87. The number of rotatable bonds is 6. The van der Waals surface area contributed by atoms with E-state index >= 15 is 0 Å². The van der Waals surface area contributed by atoms with Gasteiger partial charge in [-0.05, 0) is 68.8 Å². The standard InChI is InChI=1S/C24H37N3O3/c1-2-26-12-9-20-17-21(27-13-15-30-16-14-27)7-10-24(20,18-26)23(29)25-11-8-19-3-5-22(28)6-4-19/h3-6,20-21,28H,2,7-18H2,1H3,(H,25,29)/t20-,21+,24-/m1/s1. The van der Waals surface area contributed by atoms with Crippen molar-refractivity contribution in [2.75, 3.05) is 52.5 Å². The van der Waals surface area contributed by atoms with Crippen molar-refractivity contribution in [2.45, 2.75) is 45.1 Å². The second-order valence-corrected chi connectivity index (χ2v) is 9.26. The first kappa shape index (κ1) is 21.6. The molecule has 2 aliphatic heterocycles. The van der Waals surface area contributed by atoms with E-state index in [0.717, 1.165) is 83.6 Å². The number of nitrogens with one attached hydrogen (secondary N) is 1. The van der Waals surface area contributed by atoms with Gasteiger partial charge in [0.1, 0.15) is 5.75 Å². The predicted octanol–water partition coefficient (Wildman–Crippen LogP) is 2.26. The number of phenols is 1. The van der Waals surface area contributed by atoms with Gasteiger partial charge in [-0.15, -0.1) is 0 Å². The number of aromatic hydroxyl groups is 1. The number of piperidine rings is 1. The van der Waals surface area contributed by atoms with Gasteiger partial charge >= 0.3 is 0 Å². The molecule has 0 aromatic heterocycles. The Hall–Kier alpha value is -1.63. The van der Waals surface area contributed by atoms with E-state index in [9.17, 15) is 9.90 Å². The molecule has 1 aliphatic carbocycles. The number of fused-ring (bicyclic) bond motifs is 1. The van der Waals surface area contributed by atoms with E-state index in [2.05, 4.69) is 22.0 Å². The monoisotopic (exact) mass is 415 g/mol. The number of ether oxygens (including phenoxy) is 1. The highest BCUT2D eigenvalue weighted by Crippen LogP contribution is 2.47. The number of carbonyl (C=O) groups is 1. The minimum atomic E-state index is -0.244. The van der Waals surface area contributed by atoms with Crippen LogP contribution in [0.15, 0.2) is 24.3 Å². The third-order valence-electron chi connectivity index (χ3n) is 7.66. The van der Waals surface area contributed by atoms with Crippen molar-refractivity contribution in [1.82, 2.24) is 15.1 Å². The Balaban J connectivity index is 1.40. The molecule has 0 spiro atoms. The first-order valence-electron chi connectivity index (χ1n) is 11.7. The molecule has 3 atom stereocenters. The molecule has 1 saturated carbocycles. The van der Waals surface area contributed by atoms with E-state index in [4.69, 9.17) is 4.74 Å². The molecule has 3 fully saturated rings. The van der Waals surface area contributed by atoms with Gasteiger partial charge in [-0.25, -0.2) is 0 Å². The Kier molecular flexibility index (Phi) is 6.96. The van der Waals surface area contributed by atoms with Crippen LogP contribution in [0.5, 0.6) is 5.75 Å². The second-order valence-electron chi connectivity index (χ2n) is 9.26. The quantitative estimate of drug-likeness (QED) is 0.746. The van der Waals surface area contributed by atoms with Crippen LogP contribution in [0.2, 0.25) is 0 Å². The number of likely N-dealkylation sites (tertiary alicyclic amines) is 1. The summed E-state index contributed by atoms with van der Waals surface area (Å²) in [6.07, 6.45) is 5.16. The van der Waals surface area contributed by atoms with E-state index in [-0.39, 0.29) is 17.1 Å². The number of hydrogen-bond acceptors (Lipinski definition) is 5. The topological polar surface area (TPSA) is 65.0 Å². The highest BCUT2D eigenvalue weighted by atomic mass is 16.5. The molecule has 2 N–H and O–H groups in total. The average molecular weight is 416 g/mol. The van der Waals surface area contributed by atoms with Gasteiger partial charge in [0.25, 0.3) is 0 Å². The molecule has 2 heterocycles. The number of carbonyl (C=O) groups excluding carboxylic acids is 1. The highest BCUT2D eigenvalue weighted by Gasteiger charge is 2.52. The van der Waals surface area contributed by atoms with Gasteiger partial charge in [0.2, 0.25) is 5.91 Å². The van der Waals surface area contributed by atoms with Gasteiger partial charge in [-0.3, -0.25) is 9.69 Å². The Bertz CT molecular complexity index is 704. The number of nitrogens with zero attached hydrogens (tertiary/aromatic N) is 2. The largest absolute Gasteiger partial charge is 0.508 e. The lowest BCUT2D eigenvalue weighted by molar-refractivity contribution is -0.144. The van der Waals surface area contributed by atoms with Crippen LogP contribution in [0.4, 0.5) is 0 Å². The molecule has 0 unspecified atom stereocenters. The molecule has 30 heavy (non-hydrogen) atoms. The Morgan fingerprint density at radius 3 is 2.70 bits per heavy atom. The molecule has 6 nitrogen and oxygen atoms in total. The zero-order valence-corrected chi connectivity index (χ0v) is 18.3. The molecule has 1 amide bonds. The normalized spacial score (nSPS) is 30.6. The number of hydrogen-bond donors (Lipinski definition) is 2. The number of morpholine rings is 1. The van der Waals surface area contributed by atoms with Crippen LogP contribution in [-0.4, -0.2) is 79.3 Å². The Morgan fingerprint density at radius 1 is 1.20 bits per heavy atom. The van der Waals surface area contributed by atoms with Crippen molar-refractivity contribution >= 4 is 5.91 Å². The zero-order valence-electron chi connectivity index (χ0n) is 18.3. The molecular formula is C24H37N3O3. The average Bonchev–Trinajstić information content (AvgIpc) is 2.80. The highest BCUT2D eigenvalue weighted by molar-refractivity contribution is 5.83. The van der Waals surface area contributed by atoms with E-state index in [1.54, 1.807) is 12.1 Å². The fraction of sp³-hybridized carbons (Fsp3) is 0.708. The van der Waals surface area contributed by atoms with Crippen molar-refractivity contribution in [1.29, 1.82) is 0 Å². The fourth-order valence-electron chi connectivity index (χ4n) is 5.79. The van der Waals surface area contributed by atoms with Gasteiger partial charge in [0.15, 0.2) is 0 Å². The molecule has 1 aromatic rings. The van der Waals surface area contributed by atoms with E-state index in [0.29, 0.717) is 18.5 Å². The van der Waals surface area contributed by atoms with Crippen LogP contribution < -0.4 is 5.32 Å². The van der Waals surface area contributed by atoms with Gasteiger partial charge in [0, 0.05) is 32.2 Å². The molecule has 0 radical (unpaired) electrons. The maximum atomic E-state index is 13.5. The summed E-state index contributed by atoms with van der Waals surface area (Å²) in [6.45, 7) is 9.62. The lowest BCUT2D eigenvalue weighted by Gasteiger charge is -2.53. The summed E-state index contributed by atoms with van der Waals surface area (Å²) in [5, 5.41) is 12.7. The predicted molar refractivity (Wildman–Crippen MR) is 118 cm³/mol. The molecule has 4 rings (SSSR count). The lowest BCUT2D eigenvalue weighted by atomic mass is 9.61. The van der Waals surface area contributed by atoms with E-state index in [1.165, 1.54) is 0 Å². The van der Waals surface area contributed by atoms with Gasteiger partial charge < -0.3 is 20.1 Å². The van der Waals surface area contributed by atoms with Crippen LogP contribution in [0.25, 0.3) is 0 Å².